The molecule has 0 aliphatic carbocycles. The highest BCUT2D eigenvalue weighted by molar-refractivity contribution is 14.1. The Morgan fingerprint density at radius 2 is 2.12 bits per heavy atom. The van der Waals surface area contributed by atoms with Crippen LogP contribution in [-0.4, -0.2) is 25.7 Å². The van der Waals surface area contributed by atoms with Crippen LogP contribution in [0.25, 0.3) is 0 Å². The van der Waals surface area contributed by atoms with Crippen LogP contribution in [-0.2, 0) is 0 Å². The van der Waals surface area contributed by atoms with Crippen molar-refractivity contribution in [3.8, 4) is 0 Å². The van der Waals surface area contributed by atoms with Crippen LogP contribution in [0.15, 0.2) is 24.3 Å². The molecular formula is C14H21IN2. The molecule has 1 fully saturated rings. The molecule has 0 atom stereocenters. The molecule has 2 rings (SSSR count). The minimum absolute atomic E-state index is 0.731. The molecule has 1 aliphatic heterocycles. The van der Waals surface area contributed by atoms with Crippen LogP contribution in [0, 0.1) is 3.57 Å². The van der Waals surface area contributed by atoms with Crippen molar-refractivity contribution in [1.82, 2.24) is 5.32 Å². The lowest BCUT2D eigenvalue weighted by molar-refractivity contribution is 0.416. The molecule has 94 valence electrons. The topological polar surface area (TPSA) is 15.3 Å². The van der Waals surface area contributed by atoms with E-state index >= 15 is 0 Å². The van der Waals surface area contributed by atoms with Gasteiger partial charge in [0.15, 0.2) is 0 Å². The number of piperidine rings is 1. The molecule has 0 bridgehead atoms. The van der Waals surface area contributed by atoms with Gasteiger partial charge >= 0.3 is 0 Å². The van der Waals surface area contributed by atoms with Crippen molar-refractivity contribution in [2.45, 2.75) is 32.2 Å². The van der Waals surface area contributed by atoms with Crippen LogP contribution < -0.4 is 10.2 Å². The number of anilines is 1. The van der Waals surface area contributed by atoms with E-state index in [2.05, 4.69) is 64.0 Å². The van der Waals surface area contributed by atoms with Crippen molar-refractivity contribution in [1.29, 1.82) is 0 Å². The van der Waals surface area contributed by atoms with Crippen molar-refractivity contribution in [2.24, 2.45) is 0 Å². The van der Waals surface area contributed by atoms with Crippen LogP contribution in [0.5, 0.6) is 0 Å². The zero-order valence-corrected chi connectivity index (χ0v) is 12.6. The van der Waals surface area contributed by atoms with E-state index in [1.807, 2.05) is 0 Å². The second kappa shape index (κ2) is 6.59. The van der Waals surface area contributed by atoms with Gasteiger partial charge in [0, 0.05) is 28.4 Å². The fourth-order valence-corrected chi connectivity index (χ4v) is 2.89. The minimum Gasteiger partial charge on any atom is -0.371 e. The van der Waals surface area contributed by atoms with Crippen LogP contribution >= 0.6 is 22.6 Å². The lowest BCUT2D eigenvalue weighted by Crippen LogP contribution is -2.42. The van der Waals surface area contributed by atoms with Crippen LogP contribution in [0.4, 0.5) is 5.69 Å². The highest BCUT2D eigenvalue weighted by Gasteiger charge is 2.18. The summed E-state index contributed by atoms with van der Waals surface area (Å²) in [5.74, 6) is 0. The molecule has 1 aromatic rings. The average Bonchev–Trinajstić information content (AvgIpc) is 2.37. The smallest absolute Gasteiger partial charge is 0.0376 e. The van der Waals surface area contributed by atoms with Gasteiger partial charge in [-0.1, -0.05) is 13.0 Å². The third kappa shape index (κ3) is 3.85. The van der Waals surface area contributed by atoms with E-state index in [1.54, 1.807) is 0 Å². The number of hydrogen-bond acceptors (Lipinski definition) is 2. The molecular weight excluding hydrogens is 323 g/mol. The third-order valence-electron chi connectivity index (χ3n) is 3.35. The summed E-state index contributed by atoms with van der Waals surface area (Å²) < 4.78 is 1.33. The summed E-state index contributed by atoms with van der Waals surface area (Å²) in [6.07, 6.45) is 3.77. The lowest BCUT2D eigenvalue weighted by atomic mass is 10.0. The molecule has 1 aliphatic rings. The maximum absolute atomic E-state index is 3.63. The second-order valence-electron chi connectivity index (χ2n) is 4.70. The van der Waals surface area contributed by atoms with E-state index in [9.17, 15) is 0 Å². The molecule has 1 saturated heterocycles. The molecule has 0 spiro atoms. The first-order valence-electron chi connectivity index (χ1n) is 6.53. The van der Waals surface area contributed by atoms with Crippen molar-refractivity contribution < 1.29 is 0 Å². The Balaban J connectivity index is 1.86. The van der Waals surface area contributed by atoms with Gasteiger partial charge in [-0.3, -0.25) is 0 Å². The van der Waals surface area contributed by atoms with Crippen molar-refractivity contribution in [3.63, 3.8) is 0 Å². The Hall–Kier alpha value is -0.290. The predicted octanol–water partition coefficient (Wildman–Crippen LogP) is 3.26. The first-order valence-corrected chi connectivity index (χ1v) is 7.61. The van der Waals surface area contributed by atoms with Gasteiger partial charge in [0.05, 0.1) is 0 Å². The number of hydrogen-bond donors (Lipinski definition) is 1. The monoisotopic (exact) mass is 344 g/mol. The van der Waals surface area contributed by atoms with Gasteiger partial charge in [-0.05, 0) is 66.6 Å². The highest BCUT2D eigenvalue weighted by atomic mass is 127. The summed E-state index contributed by atoms with van der Waals surface area (Å²) >= 11 is 2.38. The van der Waals surface area contributed by atoms with Crippen LogP contribution in [0.1, 0.15) is 26.2 Å². The van der Waals surface area contributed by atoms with Gasteiger partial charge in [0.25, 0.3) is 0 Å². The summed E-state index contributed by atoms with van der Waals surface area (Å²) in [5, 5.41) is 3.63. The Kier molecular flexibility index (Phi) is 5.10. The molecule has 0 amide bonds. The summed E-state index contributed by atoms with van der Waals surface area (Å²) in [4.78, 5) is 2.51. The zero-order valence-electron chi connectivity index (χ0n) is 10.5. The Bertz CT molecular complexity index is 346. The summed E-state index contributed by atoms with van der Waals surface area (Å²) in [5.41, 5.74) is 1.38. The van der Waals surface area contributed by atoms with E-state index in [1.165, 1.54) is 41.6 Å². The lowest BCUT2D eigenvalue weighted by Gasteiger charge is -2.34. The Labute approximate surface area is 118 Å². The maximum atomic E-state index is 3.63. The first-order chi connectivity index (χ1) is 8.29. The van der Waals surface area contributed by atoms with Crippen molar-refractivity contribution >= 4 is 28.3 Å². The molecule has 1 heterocycles. The number of benzene rings is 1. The van der Waals surface area contributed by atoms with Crippen molar-refractivity contribution in [2.75, 3.05) is 24.5 Å². The predicted molar refractivity (Wildman–Crippen MR) is 82.7 cm³/mol. The minimum atomic E-state index is 0.731. The van der Waals surface area contributed by atoms with Crippen molar-refractivity contribution in [3.05, 3.63) is 27.8 Å². The van der Waals surface area contributed by atoms with E-state index in [0.717, 1.165) is 12.6 Å². The molecule has 3 heteroatoms. The third-order valence-corrected chi connectivity index (χ3v) is 4.02. The number of halogens is 1. The van der Waals surface area contributed by atoms with Gasteiger partial charge < -0.3 is 10.2 Å². The average molecular weight is 344 g/mol. The SMILES string of the molecule is CCCNC1CCN(c2cccc(I)c2)CC1. The molecule has 2 nitrogen and oxygen atoms in total. The molecule has 0 saturated carbocycles. The molecule has 17 heavy (non-hydrogen) atoms. The zero-order chi connectivity index (χ0) is 12.1. The molecule has 0 radical (unpaired) electrons. The van der Waals surface area contributed by atoms with Gasteiger partial charge in [-0.2, -0.15) is 0 Å². The molecule has 1 aromatic carbocycles. The summed E-state index contributed by atoms with van der Waals surface area (Å²) in [6.45, 7) is 5.75. The van der Waals surface area contributed by atoms with Crippen LogP contribution in [0.3, 0.4) is 0 Å². The molecule has 1 N–H and O–H groups in total. The molecule has 0 aromatic heterocycles. The largest absolute Gasteiger partial charge is 0.371 e. The van der Waals surface area contributed by atoms with E-state index in [0.29, 0.717) is 0 Å². The maximum Gasteiger partial charge on any atom is 0.0376 e. The number of rotatable bonds is 4. The van der Waals surface area contributed by atoms with Gasteiger partial charge in [0.1, 0.15) is 0 Å². The Morgan fingerprint density at radius 3 is 2.76 bits per heavy atom. The Morgan fingerprint density at radius 1 is 1.35 bits per heavy atom. The standard InChI is InChI=1S/C14H21IN2/c1-2-8-16-13-6-9-17(10-7-13)14-5-3-4-12(15)11-14/h3-5,11,13,16H,2,6-10H2,1H3. The van der Waals surface area contributed by atoms with E-state index < -0.39 is 0 Å². The van der Waals surface area contributed by atoms with Gasteiger partial charge in [-0.15, -0.1) is 0 Å². The van der Waals surface area contributed by atoms with Gasteiger partial charge in [0.2, 0.25) is 0 Å². The highest BCUT2D eigenvalue weighted by Crippen LogP contribution is 2.21. The normalized spacial score (nSPS) is 17.4. The van der Waals surface area contributed by atoms with E-state index in [-0.39, 0.29) is 0 Å². The fraction of sp³-hybridized carbons (Fsp3) is 0.571. The van der Waals surface area contributed by atoms with E-state index in [4.69, 9.17) is 0 Å². The fourth-order valence-electron chi connectivity index (χ4n) is 2.36. The summed E-state index contributed by atoms with van der Waals surface area (Å²) in [7, 11) is 0. The van der Waals surface area contributed by atoms with Gasteiger partial charge in [-0.25, -0.2) is 0 Å². The quantitative estimate of drug-likeness (QED) is 0.844. The first kappa shape index (κ1) is 13.1. The second-order valence-corrected chi connectivity index (χ2v) is 5.94. The molecule has 0 unspecified atom stereocenters. The number of nitrogens with one attached hydrogen (secondary N) is 1. The number of nitrogens with zero attached hydrogens (tertiary/aromatic N) is 1. The van der Waals surface area contributed by atoms with Crippen LogP contribution in [0.2, 0.25) is 0 Å². The summed E-state index contributed by atoms with van der Waals surface area (Å²) in [6, 6.07) is 9.54.